The van der Waals surface area contributed by atoms with Gasteiger partial charge in [0, 0.05) is 31.1 Å². The summed E-state index contributed by atoms with van der Waals surface area (Å²) < 4.78 is 6.35. The lowest BCUT2D eigenvalue weighted by Gasteiger charge is -2.34. The fraction of sp³-hybridized carbons (Fsp3) is 0.300. The van der Waals surface area contributed by atoms with Gasteiger partial charge in [0.2, 0.25) is 5.91 Å². The third-order valence-corrected chi connectivity index (χ3v) is 7.25. The minimum atomic E-state index is 0.183. The monoisotopic (exact) mass is 433 g/mol. The molecule has 28 heavy (non-hydrogen) atoms. The Morgan fingerprint density at radius 3 is 2.64 bits per heavy atom. The van der Waals surface area contributed by atoms with Crippen LogP contribution in [-0.4, -0.2) is 54.8 Å². The second-order valence-corrected chi connectivity index (χ2v) is 8.83. The van der Waals surface area contributed by atoms with E-state index in [0.29, 0.717) is 23.9 Å². The predicted octanol–water partition coefficient (Wildman–Crippen LogP) is 4.40. The molecule has 0 radical (unpaired) electrons. The number of fused-ring (bicyclic) bond motifs is 1. The fourth-order valence-corrected chi connectivity index (χ4v) is 5.27. The van der Waals surface area contributed by atoms with Crippen molar-refractivity contribution in [3.05, 3.63) is 47.5 Å². The molecule has 3 aromatic rings. The first-order valence-electron chi connectivity index (χ1n) is 8.99. The van der Waals surface area contributed by atoms with Gasteiger partial charge < -0.3 is 14.5 Å². The van der Waals surface area contributed by atoms with Crippen LogP contribution in [0.15, 0.2) is 47.4 Å². The topological polar surface area (TPSA) is 45.7 Å². The Balaban J connectivity index is 1.38. The van der Waals surface area contributed by atoms with E-state index in [9.17, 15) is 4.79 Å². The first kappa shape index (κ1) is 19.4. The molecule has 0 spiro atoms. The highest BCUT2D eigenvalue weighted by atomic mass is 35.5. The summed E-state index contributed by atoms with van der Waals surface area (Å²) in [5.41, 5.74) is 0.799. The average molecular weight is 434 g/mol. The van der Waals surface area contributed by atoms with Gasteiger partial charge in [0.25, 0.3) is 0 Å². The Morgan fingerprint density at radius 1 is 1.18 bits per heavy atom. The molecule has 1 amide bonds. The molecular weight excluding hydrogens is 414 g/mol. The maximum atomic E-state index is 12.5. The molecule has 1 saturated heterocycles. The van der Waals surface area contributed by atoms with Gasteiger partial charge in [-0.3, -0.25) is 4.79 Å². The lowest BCUT2D eigenvalue weighted by molar-refractivity contribution is -0.128. The Hall–Kier alpha value is -1.96. The quantitative estimate of drug-likeness (QED) is 0.558. The number of methoxy groups -OCH3 is 1. The molecule has 0 N–H and O–H groups in total. The van der Waals surface area contributed by atoms with E-state index in [0.717, 1.165) is 39.1 Å². The number of hydrogen-bond donors (Lipinski definition) is 0. The molecule has 1 fully saturated rings. The molecule has 0 saturated carbocycles. The summed E-state index contributed by atoms with van der Waals surface area (Å²) >= 11 is 9.49. The summed E-state index contributed by atoms with van der Waals surface area (Å²) in [6.45, 7) is 2.94. The molecule has 1 aliphatic rings. The fourth-order valence-electron chi connectivity index (χ4n) is 3.14. The number of benzene rings is 2. The molecule has 1 aromatic heterocycles. The molecule has 1 aliphatic heterocycles. The Bertz CT molecular complexity index is 972. The van der Waals surface area contributed by atoms with Crippen LogP contribution in [0.4, 0.5) is 5.13 Å². The van der Waals surface area contributed by atoms with Crippen molar-refractivity contribution in [3.8, 4) is 5.75 Å². The number of rotatable bonds is 5. The van der Waals surface area contributed by atoms with E-state index in [1.807, 2.05) is 47.4 Å². The van der Waals surface area contributed by atoms with Crippen LogP contribution in [0.1, 0.15) is 0 Å². The first-order valence-corrected chi connectivity index (χ1v) is 11.2. The summed E-state index contributed by atoms with van der Waals surface area (Å²) in [5, 5.41) is 1.61. The van der Waals surface area contributed by atoms with Crippen LogP contribution < -0.4 is 9.64 Å². The molecule has 0 atom stereocenters. The van der Waals surface area contributed by atoms with Crippen molar-refractivity contribution in [1.82, 2.24) is 9.88 Å². The van der Waals surface area contributed by atoms with Gasteiger partial charge >= 0.3 is 0 Å². The molecule has 146 valence electrons. The number of ether oxygens (including phenoxy) is 1. The van der Waals surface area contributed by atoms with Crippen molar-refractivity contribution in [3.63, 3.8) is 0 Å². The van der Waals surface area contributed by atoms with Crippen LogP contribution >= 0.6 is 34.7 Å². The summed E-state index contributed by atoms with van der Waals surface area (Å²) in [4.78, 5) is 22.5. The van der Waals surface area contributed by atoms with Crippen LogP contribution in [-0.2, 0) is 4.79 Å². The predicted molar refractivity (Wildman–Crippen MR) is 117 cm³/mol. The molecule has 0 unspecified atom stereocenters. The van der Waals surface area contributed by atoms with E-state index >= 15 is 0 Å². The van der Waals surface area contributed by atoms with Gasteiger partial charge in [-0.05, 0) is 24.3 Å². The summed E-state index contributed by atoms with van der Waals surface area (Å²) in [6, 6.07) is 13.7. The zero-order chi connectivity index (χ0) is 19.5. The SMILES string of the molecule is COc1ccc(Cl)c2sc(N3CCN(C(=O)CSc4ccccc4)CC3)nc12. The maximum absolute atomic E-state index is 12.5. The van der Waals surface area contributed by atoms with Gasteiger partial charge in [-0.1, -0.05) is 41.1 Å². The van der Waals surface area contributed by atoms with Gasteiger partial charge in [-0.2, -0.15) is 0 Å². The van der Waals surface area contributed by atoms with Gasteiger partial charge in [0.1, 0.15) is 11.3 Å². The Morgan fingerprint density at radius 2 is 1.93 bits per heavy atom. The van der Waals surface area contributed by atoms with Crippen LogP contribution in [0.25, 0.3) is 10.2 Å². The van der Waals surface area contributed by atoms with Crippen LogP contribution in [0, 0.1) is 0 Å². The molecule has 5 nitrogen and oxygen atoms in total. The van der Waals surface area contributed by atoms with Crippen molar-refractivity contribution < 1.29 is 9.53 Å². The van der Waals surface area contributed by atoms with Crippen molar-refractivity contribution >= 4 is 56.0 Å². The molecule has 0 bridgehead atoms. The largest absolute Gasteiger partial charge is 0.494 e. The molecule has 8 heteroatoms. The number of carbonyl (C=O) groups excluding carboxylic acids is 1. The van der Waals surface area contributed by atoms with Crippen LogP contribution in [0.5, 0.6) is 5.75 Å². The van der Waals surface area contributed by atoms with E-state index in [4.69, 9.17) is 21.3 Å². The zero-order valence-electron chi connectivity index (χ0n) is 15.4. The summed E-state index contributed by atoms with van der Waals surface area (Å²) in [7, 11) is 1.64. The van der Waals surface area contributed by atoms with E-state index < -0.39 is 0 Å². The van der Waals surface area contributed by atoms with Crippen LogP contribution in [0.2, 0.25) is 5.02 Å². The number of hydrogen-bond acceptors (Lipinski definition) is 6. The lowest BCUT2D eigenvalue weighted by Crippen LogP contribution is -2.49. The van der Waals surface area contributed by atoms with Gasteiger partial charge in [-0.25, -0.2) is 4.98 Å². The maximum Gasteiger partial charge on any atom is 0.233 e. The van der Waals surface area contributed by atoms with Crippen molar-refractivity contribution in [2.24, 2.45) is 0 Å². The number of nitrogens with zero attached hydrogens (tertiary/aromatic N) is 3. The summed E-state index contributed by atoms with van der Waals surface area (Å²) in [6.07, 6.45) is 0. The van der Waals surface area contributed by atoms with E-state index in [1.54, 1.807) is 30.2 Å². The minimum absolute atomic E-state index is 0.183. The Labute approximate surface area is 177 Å². The van der Waals surface area contributed by atoms with Gasteiger partial charge in [0.15, 0.2) is 5.13 Å². The molecule has 2 aromatic carbocycles. The van der Waals surface area contributed by atoms with Gasteiger partial charge in [-0.15, -0.1) is 11.8 Å². The minimum Gasteiger partial charge on any atom is -0.494 e. The number of carbonyl (C=O) groups is 1. The smallest absolute Gasteiger partial charge is 0.233 e. The normalized spacial score (nSPS) is 14.5. The standard InChI is InChI=1S/C20H20ClN3O2S2/c1-26-16-8-7-15(21)19-18(16)22-20(28-19)24-11-9-23(10-12-24)17(25)13-27-14-5-3-2-4-6-14/h2-8H,9-13H2,1H3. The second-order valence-electron chi connectivity index (χ2n) is 6.39. The number of piperazine rings is 1. The van der Waals surface area contributed by atoms with Gasteiger partial charge in [0.05, 0.1) is 22.6 Å². The van der Waals surface area contributed by atoms with Crippen molar-refractivity contribution in [1.29, 1.82) is 0 Å². The number of thioether (sulfide) groups is 1. The third-order valence-electron chi connectivity index (χ3n) is 4.68. The molecular formula is C20H20ClN3O2S2. The number of thiazole rings is 1. The Kier molecular flexibility index (Phi) is 5.94. The number of amides is 1. The van der Waals surface area contributed by atoms with E-state index in [2.05, 4.69) is 4.90 Å². The number of anilines is 1. The first-order chi connectivity index (χ1) is 13.7. The molecule has 0 aliphatic carbocycles. The average Bonchev–Trinajstić information content (AvgIpc) is 3.20. The second kappa shape index (κ2) is 8.59. The van der Waals surface area contributed by atoms with E-state index in [-0.39, 0.29) is 5.91 Å². The highest BCUT2D eigenvalue weighted by Gasteiger charge is 2.24. The summed E-state index contributed by atoms with van der Waals surface area (Å²) in [5.74, 6) is 1.38. The van der Waals surface area contributed by atoms with Crippen molar-refractivity contribution in [2.75, 3.05) is 43.9 Å². The molecule has 4 rings (SSSR count). The van der Waals surface area contributed by atoms with E-state index in [1.165, 1.54) is 0 Å². The molecule has 2 heterocycles. The highest BCUT2D eigenvalue weighted by molar-refractivity contribution is 8.00. The van der Waals surface area contributed by atoms with Crippen LogP contribution in [0.3, 0.4) is 0 Å². The number of halogens is 1. The zero-order valence-corrected chi connectivity index (χ0v) is 17.8. The third kappa shape index (κ3) is 4.06. The lowest BCUT2D eigenvalue weighted by atomic mass is 10.3. The van der Waals surface area contributed by atoms with Crippen molar-refractivity contribution in [2.45, 2.75) is 4.90 Å². The number of aromatic nitrogens is 1. The highest BCUT2D eigenvalue weighted by Crippen LogP contribution is 2.38.